The summed E-state index contributed by atoms with van der Waals surface area (Å²) >= 11 is 0. The summed E-state index contributed by atoms with van der Waals surface area (Å²) < 4.78 is 0. The molecule has 1 aromatic heterocycles. The molecule has 0 atom stereocenters. The van der Waals surface area contributed by atoms with Crippen LogP contribution in [0.5, 0.6) is 0 Å². The van der Waals surface area contributed by atoms with E-state index in [0.29, 0.717) is 0 Å². The van der Waals surface area contributed by atoms with Crippen molar-refractivity contribution in [1.82, 2.24) is 19.8 Å². The van der Waals surface area contributed by atoms with Gasteiger partial charge < -0.3 is 9.88 Å². The lowest BCUT2D eigenvalue weighted by Gasteiger charge is -2.34. The fourth-order valence-electron chi connectivity index (χ4n) is 3.08. The van der Waals surface area contributed by atoms with E-state index in [9.17, 15) is 0 Å². The molecule has 2 heterocycles. The second kappa shape index (κ2) is 7.07. The molecular formula is C18H26N4. The minimum atomic E-state index is 0.954. The first-order valence-corrected chi connectivity index (χ1v) is 8.32. The van der Waals surface area contributed by atoms with Crippen molar-refractivity contribution < 1.29 is 0 Å². The van der Waals surface area contributed by atoms with E-state index in [-0.39, 0.29) is 0 Å². The summed E-state index contributed by atoms with van der Waals surface area (Å²) in [7, 11) is 0. The summed E-state index contributed by atoms with van der Waals surface area (Å²) in [6, 6.07) is 10.4. The molecule has 118 valence electrons. The number of nitrogens with zero attached hydrogens (tertiary/aromatic N) is 3. The quantitative estimate of drug-likeness (QED) is 0.922. The first-order chi connectivity index (χ1) is 10.8. The van der Waals surface area contributed by atoms with Crippen LogP contribution in [0.1, 0.15) is 24.7 Å². The van der Waals surface area contributed by atoms with Crippen LogP contribution in [0.4, 0.5) is 0 Å². The monoisotopic (exact) mass is 298 g/mol. The van der Waals surface area contributed by atoms with Gasteiger partial charge in [0.1, 0.15) is 5.82 Å². The molecule has 0 saturated carbocycles. The van der Waals surface area contributed by atoms with E-state index in [1.807, 2.05) is 6.07 Å². The highest BCUT2D eigenvalue weighted by Gasteiger charge is 2.18. The van der Waals surface area contributed by atoms with Crippen molar-refractivity contribution in [2.45, 2.75) is 26.8 Å². The van der Waals surface area contributed by atoms with E-state index in [1.165, 1.54) is 37.4 Å². The maximum atomic E-state index is 4.82. The first kappa shape index (κ1) is 15.3. The van der Waals surface area contributed by atoms with Gasteiger partial charge in [-0.05, 0) is 19.9 Å². The lowest BCUT2D eigenvalue weighted by atomic mass is 10.2. The fraction of sp³-hybridized carbons (Fsp3) is 0.500. The summed E-state index contributed by atoms with van der Waals surface area (Å²) in [5.74, 6) is 0.984. The van der Waals surface area contributed by atoms with Crippen molar-refractivity contribution in [2.24, 2.45) is 0 Å². The van der Waals surface area contributed by atoms with E-state index in [4.69, 9.17) is 4.98 Å². The van der Waals surface area contributed by atoms with Crippen LogP contribution in [0.3, 0.4) is 0 Å². The third kappa shape index (κ3) is 3.57. The SMILES string of the molecule is CCCN1CCN(Cc2nc(-c3ccccc3)[nH]c2C)CC1. The Hall–Kier alpha value is -1.65. The van der Waals surface area contributed by atoms with Crippen LogP contribution in [0, 0.1) is 6.92 Å². The van der Waals surface area contributed by atoms with Gasteiger partial charge in [-0.25, -0.2) is 4.98 Å². The molecule has 1 aliphatic rings. The Morgan fingerprint density at radius 2 is 1.73 bits per heavy atom. The standard InChI is InChI=1S/C18H26N4/c1-3-9-21-10-12-22(13-11-21)14-17-15(2)19-18(20-17)16-7-5-4-6-8-16/h4-8H,3,9-14H2,1-2H3,(H,19,20). The molecule has 0 amide bonds. The molecule has 4 heteroatoms. The number of benzene rings is 1. The highest BCUT2D eigenvalue weighted by atomic mass is 15.3. The molecule has 3 rings (SSSR count). The largest absolute Gasteiger partial charge is 0.342 e. The molecule has 0 unspecified atom stereocenters. The van der Waals surface area contributed by atoms with Crippen molar-refractivity contribution in [3.63, 3.8) is 0 Å². The van der Waals surface area contributed by atoms with Gasteiger partial charge >= 0.3 is 0 Å². The summed E-state index contributed by atoms with van der Waals surface area (Å²) in [5.41, 5.74) is 3.53. The third-order valence-corrected chi connectivity index (χ3v) is 4.41. The second-order valence-electron chi connectivity index (χ2n) is 6.14. The molecule has 0 aliphatic carbocycles. The molecule has 4 nitrogen and oxygen atoms in total. The first-order valence-electron chi connectivity index (χ1n) is 8.32. The molecule has 1 saturated heterocycles. The zero-order valence-corrected chi connectivity index (χ0v) is 13.7. The maximum absolute atomic E-state index is 4.82. The van der Waals surface area contributed by atoms with Crippen molar-refractivity contribution in [3.8, 4) is 11.4 Å². The normalized spacial score (nSPS) is 17.0. The van der Waals surface area contributed by atoms with E-state index in [0.717, 1.165) is 31.0 Å². The minimum Gasteiger partial charge on any atom is -0.342 e. The van der Waals surface area contributed by atoms with Gasteiger partial charge in [0.15, 0.2) is 0 Å². The molecule has 0 spiro atoms. The predicted octanol–water partition coefficient (Wildman–Crippen LogP) is 2.91. The van der Waals surface area contributed by atoms with E-state index >= 15 is 0 Å². The Balaban J connectivity index is 1.63. The fourth-order valence-corrected chi connectivity index (χ4v) is 3.08. The van der Waals surface area contributed by atoms with Crippen LogP contribution in [0.15, 0.2) is 30.3 Å². The molecule has 1 aromatic carbocycles. The van der Waals surface area contributed by atoms with Crippen LogP contribution in [0.2, 0.25) is 0 Å². The number of imidazole rings is 1. The molecule has 1 aliphatic heterocycles. The van der Waals surface area contributed by atoms with Crippen LogP contribution in [-0.4, -0.2) is 52.5 Å². The van der Waals surface area contributed by atoms with Crippen molar-refractivity contribution in [3.05, 3.63) is 41.7 Å². The maximum Gasteiger partial charge on any atom is 0.137 e. The van der Waals surface area contributed by atoms with Crippen molar-refractivity contribution in [2.75, 3.05) is 32.7 Å². The number of aromatic nitrogens is 2. The second-order valence-corrected chi connectivity index (χ2v) is 6.14. The van der Waals surface area contributed by atoms with Gasteiger partial charge in [-0.2, -0.15) is 0 Å². The molecule has 0 bridgehead atoms. The third-order valence-electron chi connectivity index (χ3n) is 4.41. The van der Waals surface area contributed by atoms with Gasteiger partial charge in [-0.1, -0.05) is 37.3 Å². The summed E-state index contributed by atoms with van der Waals surface area (Å²) in [6.45, 7) is 11.2. The average molecular weight is 298 g/mol. The molecule has 1 N–H and O–H groups in total. The summed E-state index contributed by atoms with van der Waals surface area (Å²) in [6.07, 6.45) is 1.25. The van der Waals surface area contributed by atoms with E-state index in [1.54, 1.807) is 0 Å². The lowest BCUT2D eigenvalue weighted by Crippen LogP contribution is -2.46. The molecule has 2 aromatic rings. The Morgan fingerprint density at radius 3 is 2.41 bits per heavy atom. The van der Waals surface area contributed by atoms with Crippen molar-refractivity contribution in [1.29, 1.82) is 0 Å². The highest BCUT2D eigenvalue weighted by molar-refractivity contribution is 5.55. The van der Waals surface area contributed by atoms with Crippen molar-refractivity contribution >= 4 is 0 Å². The van der Waals surface area contributed by atoms with Gasteiger partial charge in [0.25, 0.3) is 0 Å². The van der Waals surface area contributed by atoms with Gasteiger partial charge in [-0.15, -0.1) is 0 Å². The number of hydrogen-bond acceptors (Lipinski definition) is 3. The van der Waals surface area contributed by atoms with Crippen LogP contribution < -0.4 is 0 Å². The number of H-pyrrole nitrogens is 1. The van der Waals surface area contributed by atoms with Gasteiger partial charge in [0.2, 0.25) is 0 Å². The number of aromatic amines is 1. The zero-order chi connectivity index (χ0) is 15.4. The zero-order valence-electron chi connectivity index (χ0n) is 13.7. The van der Waals surface area contributed by atoms with Crippen LogP contribution >= 0.6 is 0 Å². The number of hydrogen-bond donors (Lipinski definition) is 1. The lowest BCUT2D eigenvalue weighted by molar-refractivity contribution is 0.126. The topological polar surface area (TPSA) is 35.2 Å². The summed E-state index contributed by atoms with van der Waals surface area (Å²) in [5, 5.41) is 0. The predicted molar refractivity (Wildman–Crippen MR) is 90.8 cm³/mol. The molecule has 1 fully saturated rings. The summed E-state index contributed by atoms with van der Waals surface area (Å²) in [4.78, 5) is 13.3. The van der Waals surface area contributed by atoms with Gasteiger partial charge in [0, 0.05) is 44.0 Å². The van der Waals surface area contributed by atoms with Crippen LogP contribution in [0.25, 0.3) is 11.4 Å². The number of nitrogens with one attached hydrogen (secondary N) is 1. The Labute approximate surface area is 133 Å². The van der Waals surface area contributed by atoms with Gasteiger partial charge in [0.05, 0.1) is 5.69 Å². The highest BCUT2D eigenvalue weighted by Crippen LogP contribution is 2.19. The Morgan fingerprint density at radius 1 is 1.05 bits per heavy atom. The van der Waals surface area contributed by atoms with E-state index < -0.39 is 0 Å². The van der Waals surface area contributed by atoms with Gasteiger partial charge in [-0.3, -0.25) is 4.90 Å². The Bertz CT molecular complexity index is 582. The Kier molecular flexibility index (Phi) is 4.90. The minimum absolute atomic E-state index is 0.954. The number of aryl methyl sites for hydroxylation is 1. The number of rotatable bonds is 5. The molecule has 22 heavy (non-hydrogen) atoms. The van der Waals surface area contributed by atoms with E-state index in [2.05, 4.69) is 52.9 Å². The van der Waals surface area contributed by atoms with Crippen LogP contribution in [-0.2, 0) is 6.54 Å². The average Bonchev–Trinajstić information content (AvgIpc) is 2.91. The molecular weight excluding hydrogens is 272 g/mol. The molecule has 0 radical (unpaired) electrons. The number of piperazine rings is 1. The smallest absolute Gasteiger partial charge is 0.137 e.